The predicted molar refractivity (Wildman–Crippen MR) is 150 cm³/mol. The van der Waals surface area contributed by atoms with Crippen LogP contribution in [0.4, 0.5) is 0 Å². The van der Waals surface area contributed by atoms with Crippen LogP contribution in [0.2, 0.25) is 0 Å². The summed E-state index contributed by atoms with van der Waals surface area (Å²) in [6.45, 7) is 10.4. The molecule has 2 aromatic rings. The molecule has 194 valence electrons. The largest absolute Gasteiger partial charge is 0.457 e. The normalized spacial score (nSPS) is 17.8. The molecular weight excluding hydrogens is 482 g/mol. The van der Waals surface area contributed by atoms with E-state index >= 15 is 0 Å². The number of amides is 1. The maximum absolute atomic E-state index is 13.6. The third-order valence-electron chi connectivity index (χ3n) is 6.71. The van der Waals surface area contributed by atoms with Crippen molar-refractivity contribution in [3.8, 4) is 0 Å². The van der Waals surface area contributed by atoms with Crippen LogP contribution in [0.25, 0.3) is 0 Å². The van der Waals surface area contributed by atoms with Gasteiger partial charge in [0.2, 0.25) is 5.91 Å². The van der Waals surface area contributed by atoms with E-state index in [-0.39, 0.29) is 25.0 Å². The van der Waals surface area contributed by atoms with Gasteiger partial charge in [0.15, 0.2) is 5.17 Å². The number of thioether (sulfide) groups is 1. The van der Waals surface area contributed by atoms with Crippen LogP contribution in [-0.4, -0.2) is 28.0 Å². The molecule has 2 unspecified atom stereocenters. The van der Waals surface area contributed by atoms with E-state index in [1.165, 1.54) is 17.3 Å². The van der Waals surface area contributed by atoms with Gasteiger partial charge in [-0.2, -0.15) is 0 Å². The van der Waals surface area contributed by atoms with Gasteiger partial charge >= 0.3 is 5.97 Å². The van der Waals surface area contributed by atoms with Crippen LogP contribution in [0.5, 0.6) is 0 Å². The van der Waals surface area contributed by atoms with Crippen LogP contribution in [0.1, 0.15) is 76.1 Å². The number of ether oxygens (including phenoxy) is 1. The Morgan fingerprint density at radius 3 is 2.43 bits per heavy atom. The van der Waals surface area contributed by atoms with Gasteiger partial charge in [-0.25, -0.2) is 9.79 Å². The summed E-state index contributed by atoms with van der Waals surface area (Å²) >= 11 is 1.48. The van der Waals surface area contributed by atoms with Gasteiger partial charge in [0.1, 0.15) is 6.61 Å². The summed E-state index contributed by atoms with van der Waals surface area (Å²) in [5, 5.41) is 5.78. The molecule has 0 aromatic heterocycles. The molecule has 0 saturated carbocycles. The number of nitrogens with one attached hydrogen (secondary N) is 1. The summed E-state index contributed by atoms with van der Waals surface area (Å²) in [6, 6.07) is 17.7. The van der Waals surface area contributed by atoms with Crippen molar-refractivity contribution >= 4 is 28.8 Å². The molecule has 4 rings (SSSR count). The summed E-state index contributed by atoms with van der Waals surface area (Å²) in [4.78, 5) is 33.2. The van der Waals surface area contributed by atoms with Crippen molar-refractivity contribution in [2.75, 3.05) is 0 Å². The number of allylic oxidation sites excluding steroid dienone is 1. The third kappa shape index (κ3) is 6.16. The fourth-order valence-electron chi connectivity index (χ4n) is 4.40. The van der Waals surface area contributed by atoms with E-state index in [4.69, 9.17) is 9.73 Å². The average Bonchev–Trinajstić information content (AvgIpc) is 3.28. The molecule has 2 aliphatic heterocycles. The number of benzene rings is 2. The second-order valence-corrected chi connectivity index (χ2v) is 10.7. The minimum absolute atomic E-state index is 0.0455. The minimum Gasteiger partial charge on any atom is -0.457 e. The number of carbonyl (C=O) groups is 2. The second-order valence-electron chi connectivity index (χ2n) is 9.83. The van der Waals surface area contributed by atoms with E-state index in [1.54, 1.807) is 0 Å². The molecule has 0 fully saturated rings. The van der Waals surface area contributed by atoms with Gasteiger partial charge in [-0.3, -0.25) is 4.79 Å². The fourth-order valence-corrected chi connectivity index (χ4v) is 5.37. The zero-order chi connectivity index (χ0) is 26.5. The molecule has 0 aliphatic carbocycles. The summed E-state index contributed by atoms with van der Waals surface area (Å²) in [7, 11) is 0. The first-order valence-electron chi connectivity index (χ1n) is 12.8. The van der Waals surface area contributed by atoms with Crippen molar-refractivity contribution in [3.63, 3.8) is 0 Å². The highest BCUT2D eigenvalue weighted by Gasteiger charge is 2.41. The number of rotatable bonds is 9. The Bertz CT molecular complexity index is 1230. The number of nitrogens with zero attached hydrogens (tertiary/aromatic N) is 2. The van der Waals surface area contributed by atoms with Crippen molar-refractivity contribution in [1.82, 2.24) is 10.2 Å². The Kier molecular flexibility index (Phi) is 8.54. The monoisotopic (exact) mass is 517 g/mol. The molecule has 2 heterocycles. The summed E-state index contributed by atoms with van der Waals surface area (Å²) in [5.74, 6) is -0.0506. The molecule has 0 radical (unpaired) electrons. The van der Waals surface area contributed by atoms with Crippen LogP contribution < -0.4 is 5.32 Å². The molecule has 0 bridgehead atoms. The molecule has 2 aromatic carbocycles. The summed E-state index contributed by atoms with van der Waals surface area (Å²) in [5.41, 5.74) is 5.05. The van der Waals surface area contributed by atoms with Gasteiger partial charge in [-0.1, -0.05) is 87.1 Å². The Morgan fingerprint density at radius 1 is 1.08 bits per heavy atom. The smallest absolute Gasteiger partial charge is 0.338 e. The lowest BCUT2D eigenvalue weighted by molar-refractivity contribution is -0.141. The SMILES string of the molecule is CCC(C)NC(=O)CC1=CSC2=NC(C)=C(C(=O)OCc3ccccc3)C(c3ccc(C(C)C)cc3)N12. The van der Waals surface area contributed by atoms with Crippen molar-refractivity contribution in [3.05, 3.63) is 93.7 Å². The molecule has 7 heteroatoms. The first-order chi connectivity index (χ1) is 17.8. The van der Waals surface area contributed by atoms with E-state index in [1.807, 2.05) is 61.4 Å². The van der Waals surface area contributed by atoms with E-state index < -0.39 is 12.0 Å². The van der Waals surface area contributed by atoms with Crippen LogP contribution in [-0.2, 0) is 20.9 Å². The number of aliphatic imine (C=N–C) groups is 1. The lowest BCUT2D eigenvalue weighted by atomic mass is 9.92. The first-order valence-corrected chi connectivity index (χ1v) is 13.7. The third-order valence-corrected chi connectivity index (χ3v) is 7.60. The number of hydrogen-bond donors (Lipinski definition) is 1. The Morgan fingerprint density at radius 2 is 1.78 bits per heavy atom. The highest BCUT2D eigenvalue weighted by Crippen LogP contribution is 2.45. The number of carbonyl (C=O) groups excluding carboxylic acids is 2. The molecule has 6 nitrogen and oxygen atoms in total. The zero-order valence-corrected chi connectivity index (χ0v) is 23.0. The Balaban J connectivity index is 1.67. The molecule has 1 N–H and O–H groups in total. The van der Waals surface area contributed by atoms with Crippen LogP contribution in [0, 0.1) is 0 Å². The lowest BCUT2D eigenvalue weighted by Crippen LogP contribution is -2.39. The molecule has 1 amide bonds. The second kappa shape index (κ2) is 11.8. The molecule has 2 atom stereocenters. The summed E-state index contributed by atoms with van der Waals surface area (Å²) in [6.07, 6.45) is 1.07. The van der Waals surface area contributed by atoms with Crippen molar-refractivity contribution in [2.45, 2.75) is 72.1 Å². The molecule has 37 heavy (non-hydrogen) atoms. The van der Waals surface area contributed by atoms with Crippen LogP contribution >= 0.6 is 11.8 Å². The van der Waals surface area contributed by atoms with E-state index in [2.05, 4.69) is 43.4 Å². The predicted octanol–water partition coefficient (Wildman–Crippen LogP) is 6.43. The van der Waals surface area contributed by atoms with E-state index in [0.29, 0.717) is 17.2 Å². The van der Waals surface area contributed by atoms with E-state index in [9.17, 15) is 9.59 Å². The van der Waals surface area contributed by atoms with Gasteiger partial charge in [-0.05, 0) is 48.3 Å². The molecule has 0 saturated heterocycles. The van der Waals surface area contributed by atoms with Gasteiger partial charge in [0, 0.05) is 11.7 Å². The molecular formula is C30H35N3O3S. The van der Waals surface area contributed by atoms with Crippen LogP contribution in [0.3, 0.4) is 0 Å². The average molecular weight is 518 g/mol. The Labute approximate surface area is 223 Å². The van der Waals surface area contributed by atoms with Crippen LogP contribution in [0.15, 0.2) is 82.0 Å². The fraction of sp³-hybridized carbons (Fsp3) is 0.367. The maximum atomic E-state index is 13.6. The van der Waals surface area contributed by atoms with Gasteiger partial charge < -0.3 is 15.0 Å². The van der Waals surface area contributed by atoms with Crippen molar-refractivity contribution < 1.29 is 14.3 Å². The highest BCUT2D eigenvalue weighted by molar-refractivity contribution is 8.16. The number of hydrogen-bond acceptors (Lipinski definition) is 6. The minimum atomic E-state index is -0.436. The number of fused-ring (bicyclic) bond motifs is 1. The quantitative estimate of drug-likeness (QED) is 0.388. The number of amidine groups is 1. The first kappa shape index (κ1) is 26.7. The molecule has 0 spiro atoms. The zero-order valence-electron chi connectivity index (χ0n) is 22.2. The number of esters is 1. The van der Waals surface area contributed by atoms with Crippen molar-refractivity contribution in [1.29, 1.82) is 0 Å². The van der Waals surface area contributed by atoms with E-state index in [0.717, 1.165) is 28.4 Å². The van der Waals surface area contributed by atoms with Gasteiger partial charge in [-0.15, -0.1) is 0 Å². The lowest BCUT2D eigenvalue weighted by Gasteiger charge is -2.36. The van der Waals surface area contributed by atoms with Gasteiger partial charge in [0.05, 0.1) is 23.7 Å². The Hall–Kier alpha value is -3.32. The highest BCUT2D eigenvalue weighted by atomic mass is 32.2. The topological polar surface area (TPSA) is 71.0 Å². The van der Waals surface area contributed by atoms with Gasteiger partial charge in [0.25, 0.3) is 0 Å². The standard InChI is InChI=1S/C30H35N3O3S/c1-6-20(4)31-26(34)16-25-18-37-30-32-21(5)27(29(35)36-17-22-10-8-7-9-11-22)28(33(25)30)24-14-12-23(13-15-24)19(2)3/h7-15,18-20,28H,6,16-17H2,1-5H3,(H,31,34). The van der Waals surface area contributed by atoms with Crippen molar-refractivity contribution in [2.24, 2.45) is 4.99 Å². The molecule has 2 aliphatic rings. The summed E-state index contributed by atoms with van der Waals surface area (Å²) < 4.78 is 5.79. The maximum Gasteiger partial charge on any atom is 0.338 e.